The topological polar surface area (TPSA) is 54.9 Å². The van der Waals surface area contributed by atoms with E-state index in [1.807, 2.05) is 13.2 Å². The van der Waals surface area contributed by atoms with E-state index in [-0.39, 0.29) is 17.0 Å². The molecule has 6 heteroatoms. The number of carbonyl (C=O) groups excluding carboxylic acids is 1. The molecule has 0 aliphatic rings. The zero-order chi connectivity index (χ0) is 11.3. The summed E-state index contributed by atoms with van der Waals surface area (Å²) >= 11 is 7.38. The molecule has 1 heterocycles. The number of nitrogens with zero attached hydrogens (tertiary/aromatic N) is 2. The molecular formula is C9H12ClN3OS. The summed E-state index contributed by atoms with van der Waals surface area (Å²) in [7, 11) is 0. The fourth-order valence-corrected chi connectivity index (χ4v) is 1.77. The lowest BCUT2D eigenvalue weighted by molar-refractivity contribution is -0.118. The van der Waals surface area contributed by atoms with E-state index in [1.165, 1.54) is 12.4 Å². The fraction of sp³-hybridized carbons (Fsp3) is 0.444. The number of carbonyl (C=O) groups is 1. The average Bonchev–Trinajstić information content (AvgIpc) is 2.21. The van der Waals surface area contributed by atoms with Gasteiger partial charge >= 0.3 is 0 Å². The van der Waals surface area contributed by atoms with Gasteiger partial charge in [-0.1, -0.05) is 18.5 Å². The molecule has 0 saturated heterocycles. The van der Waals surface area contributed by atoms with Crippen molar-refractivity contribution >= 4 is 35.1 Å². The normalized spacial score (nSPS) is 12.2. The number of thioether (sulfide) groups is 1. The predicted molar refractivity (Wildman–Crippen MR) is 63.2 cm³/mol. The third-order valence-electron chi connectivity index (χ3n) is 1.76. The van der Waals surface area contributed by atoms with Crippen LogP contribution >= 0.6 is 23.4 Å². The summed E-state index contributed by atoms with van der Waals surface area (Å²) in [6.45, 7) is 1.86. The van der Waals surface area contributed by atoms with Gasteiger partial charge in [-0.2, -0.15) is 11.8 Å². The van der Waals surface area contributed by atoms with Crippen LogP contribution in [0.2, 0.25) is 5.15 Å². The maximum Gasteiger partial charge on any atom is 0.229 e. The Hall–Kier alpha value is -0.810. The van der Waals surface area contributed by atoms with Crippen LogP contribution in [0.4, 0.5) is 5.82 Å². The van der Waals surface area contributed by atoms with Gasteiger partial charge in [-0.25, -0.2) is 9.97 Å². The smallest absolute Gasteiger partial charge is 0.229 e. The second kappa shape index (κ2) is 5.92. The number of anilines is 1. The van der Waals surface area contributed by atoms with Crippen molar-refractivity contribution in [3.8, 4) is 0 Å². The van der Waals surface area contributed by atoms with Gasteiger partial charge in [0.05, 0.1) is 0 Å². The van der Waals surface area contributed by atoms with Crippen molar-refractivity contribution in [1.29, 1.82) is 0 Å². The molecule has 0 spiro atoms. The average molecular weight is 246 g/mol. The van der Waals surface area contributed by atoms with Gasteiger partial charge in [0, 0.05) is 24.1 Å². The Morgan fingerprint density at radius 1 is 1.60 bits per heavy atom. The van der Waals surface area contributed by atoms with Crippen molar-refractivity contribution in [2.75, 3.05) is 17.3 Å². The summed E-state index contributed by atoms with van der Waals surface area (Å²) in [5.74, 6) is 0.922. The minimum atomic E-state index is -0.0910. The van der Waals surface area contributed by atoms with Crippen LogP contribution in [0, 0.1) is 5.92 Å². The molecule has 0 fully saturated rings. The Bertz CT molecular complexity index is 348. The van der Waals surface area contributed by atoms with Crippen LogP contribution in [0.1, 0.15) is 6.92 Å². The van der Waals surface area contributed by atoms with Crippen LogP contribution in [0.25, 0.3) is 0 Å². The first-order valence-electron chi connectivity index (χ1n) is 4.41. The molecule has 1 amide bonds. The van der Waals surface area contributed by atoms with Crippen molar-refractivity contribution < 1.29 is 4.79 Å². The molecule has 15 heavy (non-hydrogen) atoms. The van der Waals surface area contributed by atoms with Crippen molar-refractivity contribution in [2.24, 2.45) is 5.92 Å². The molecule has 1 aromatic rings. The predicted octanol–water partition coefficient (Wildman–Crippen LogP) is 2.07. The SMILES string of the molecule is CSCC(C)C(=O)Nc1nccnc1Cl. The number of amides is 1. The highest BCUT2D eigenvalue weighted by Crippen LogP contribution is 2.15. The molecule has 82 valence electrons. The molecule has 1 aromatic heterocycles. The highest BCUT2D eigenvalue weighted by atomic mass is 35.5. The highest BCUT2D eigenvalue weighted by molar-refractivity contribution is 7.98. The lowest BCUT2D eigenvalue weighted by Gasteiger charge is -2.10. The lowest BCUT2D eigenvalue weighted by atomic mass is 10.2. The Morgan fingerprint density at radius 2 is 2.27 bits per heavy atom. The molecule has 4 nitrogen and oxygen atoms in total. The van der Waals surface area contributed by atoms with Gasteiger partial charge in [0.2, 0.25) is 5.91 Å². The van der Waals surface area contributed by atoms with Gasteiger partial charge in [0.1, 0.15) is 0 Å². The number of nitrogens with one attached hydrogen (secondary N) is 1. The van der Waals surface area contributed by atoms with Crippen LogP contribution < -0.4 is 5.32 Å². The van der Waals surface area contributed by atoms with Gasteiger partial charge in [0.15, 0.2) is 11.0 Å². The molecule has 0 radical (unpaired) electrons. The molecular weight excluding hydrogens is 234 g/mol. The van der Waals surface area contributed by atoms with Crippen molar-refractivity contribution in [3.63, 3.8) is 0 Å². The molecule has 0 aromatic carbocycles. The van der Waals surface area contributed by atoms with Crippen molar-refractivity contribution in [2.45, 2.75) is 6.92 Å². The van der Waals surface area contributed by atoms with Crippen LogP contribution in [0.5, 0.6) is 0 Å². The largest absolute Gasteiger partial charge is 0.308 e. The van der Waals surface area contributed by atoms with Crippen LogP contribution in [0.15, 0.2) is 12.4 Å². The van der Waals surface area contributed by atoms with E-state index in [0.717, 1.165) is 5.75 Å². The molecule has 0 saturated carbocycles. The summed E-state index contributed by atoms with van der Waals surface area (Å²) in [6, 6.07) is 0. The van der Waals surface area contributed by atoms with E-state index in [1.54, 1.807) is 11.8 Å². The zero-order valence-electron chi connectivity index (χ0n) is 8.53. The highest BCUT2D eigenvalue weighted by Gasteiger charge is 2.14. The van der Waals surface area contributed by atoms with Gasteiger partial charge < -0.3 is 5.32 Å². The first-order valence-corrected chi connectivity index (χ1v) is 6.18. The van der Waals surface area contributed by atoms with Crippen molar-refractivity contribution in [3.05, 3.63) is 17.5 Å². The van der Waals surface area contributed by atoms with E-state index in [2.05, 4.69) is 15.3 Å². The van der Waals surface area contributed by atoms with E-state index in [9.17, 15) is 4.79 Å². The summed E-state index contributed by atoms with van der Waals surface area (Å²) < 4.78 is 0. The third kappa shape index (κ3) is 3.68. The second-order valence-electron chi connectivity index (χ2n) is 3.04. The Kier molecular flexibility index (Phi) is 4.84. The summed E-state index contributed by atoms with van der Waals surface area (Å²) in [6.07, 6.45) is 4.92. The van der Waals surface area contributed by atoms with E-state index >= 15 is 0 Å². The number of hydrogen-bond acceptors (Lipinski definition) is 4. The molecule has 0 bridgehead atoms. The van der Waals surface area contributed by atoms with Gasteiger partial charge in [-0.05, 0) is 6.26 Å². The molecule has 1 N–H and O–H groups in total. The second-order valence-corrected chi connectivity index (χ2v) is 4.31. The Labute approximate surface area is 97.8 Å². The van der Waals surface area contributed by atoms with Crippen LogP contribution in [-0.4, -0.2) is 27.9 Å². The minimum absolute atomic E-state index is 0.0712. The monoisotopic (exact) mass is 245 g/mol. The Balaban J connectivity index is 2.62. The minimum Gasteiger partial charge on any atom is -0.308 e. The number of rotatable bonds is 4. The third-order valence-corrected chi connectivity index (χ3v) is 2.87. The van der Waals surface area contributed by atoms with E-state index in [4.69, 9.17) is 11.6 Å². The first-order chi connectivity index (χ1) is 7.15. The maximum atomic E-state index is 11.6. The number of halogens is 1. The summed E-state index contributed by atoms with van der Waals surface area (Å²) in [5.41, 5.74) is 0. The van der Waals surface area contributed by atoms with Crippen LogP contribution in [0.3, 0.4) is 0 Å². The lowest BCUT2D eigenvalue weighted by Crippen LogP contribution is -2.22. The van der Waals surface area contributed by atoms with E-state index < -0.39 is 0 Å². The maximum absolute atomic E-state index is 11.6. The standard InChI is InChI=1S/C9H12ClN3OS/c1-6(5-15-2)9(14)13-8-7(10)11-3-4-12-8/h3-4,6H,5H2,1-2H3,(H,12,13,14). The quantitative estimate of drug-likeness (QED) is 0.882. The zero-order valence-corrected chi connectivity index (χ0v) is 10.1. The number of hydrogen-bond donors (Lipinski definition) is 1. The molecule has 0 aliphatic heterocycles. The van der Waals surface area contributed by atoms with Crippen molar-refractivity contribution in [1.82, 2.24) is 9.97 Å². The van der Waals surface area contributed by atoms with Gasteiger partial charge in [0.25, 0.3) is 0 Å². The van der Waals surface area contributed by atoms with Gasteiger partial charge in [-0.15, -0.1) is 0 Å². The number of aromatic nitrogens is 2. The molecule has 1 unspecified atom stereocenters. The van der Waals surface area contributed by atoms with Crippen LogP contribution in [-0.2, 0) is 4.79 Å². The van der Waals surface area contributed by atoms with E-state index in [0.29, 0.717) is 5.82 Å². The summed E-state index contributed by atoms with van der Waals surface area (Å²) in [5, 5.41) is 2.85. The summed E-state index contributed by atoms with van der Waals surface area (Å²) in [4.78, 5) is 19.4. The molecule has 1 rings (SSSR count). The van der Waals surface area contributed by atoms with Gasteiger partial charge in [-0.3, -0.25) is 4.79 Å². The molecule has 0 aliphatic carbocycles. The fourth-order valence-electron chi connectivity index (χ4n) is 0.970. The Morgan fingerprint density at radius 3 is 2.87 bits per heavy atom. The molecule has 1 atom stereocenters. The first kappa shape index (κ1) is 12.3.